The molecule has 10 nitrogen and oxygen atoms in total. The van der Waals surface area contributed by atoms with Gasteiger partial charge in [0.25, 0.3) is 5.91 Å². The molecule has 0 bridgehead atoms. The Hall–Kier alpha value is -3.50. The lowest BCUT2D eigenvalue weighted by Crippen LogP contribution is -2.38. The van der Waals surface area contributed by atoms with Crippen LogP contribution in [0.5, 0.6) is 0 Å². The van der Waals surface area contributed by atoms with Crippen LogP contribution in [-0.2, 0) is 0 Å². The molecule has 5 heterocycles. The number of likely N-dealkylation sites (N-methyl/N-ethyl adjacent to an activating group) is 1. The molecule has 0 spiro atoms. The second-order valence-electron chi connectivity index (χ2n) is 7.71. The van der Waals surface area contributed by atoms with E-state index in [0.717, 1.165) is 19.4 Å². The standard InChI is InChI=1S/C21H21ClN8O2/c1-29-7-2-3-13(29)9-26-20(31)18-19(23)28-17(21-24-6-8-32-21)16(27-18)12-4-5-15-25-10-14(22)30(15)11-12/h4-6,8,10-11,13H,2-3,7,9H2,1H3,(H2,23,28)(H,26,31)/t13-/m1/s1. The molecule has 5 rings (SSSR count). The normalized spacial score (nSPS) is 16.6. The molecule has 1 aliphatic rings. The van der Waals surface area contributed by atoms with Gasteiger partial charge in [0.1, 0.15) is 22.8 Å². The van der Waals surface area contributed by atoms with Crippen molar-refractivity contribution in [3.05, 3.63) is 47.8 Å². The number of nitrogen functional groups attached to an aromatic ring is 1. The van der Waals surface area contributed by atoms with Crippen LogP contribution in [0, 0.1) is 0 Å². The molecule has 0 aliphatic carbocycles. The van der Waals surface area contributed by atoms with Gasteiger partial charge >= 0.3 is 0 Å². The summed E-state index contributed by atoms with van der Waals surface area (Å²) >= 11 is 6.24. The molecule has 164 valence electrons. The molecule has 1 saturated heterocycles. The van der Waals surface area contributed by atoms with E-state index >= 15 is 0 Å². The highest BCUT2D eigenvalue weighted by molar-refractivity contribution is 6.29. The Morgan fingerprint density at radius 3 is 2.94 bits per heavy atom. The smallest absolute Gasteiger partial charge is 0.273 e. The molecule has 32 heavy (non-hydrogen) atoms. The zero-order valence-corrected chi connectivity index (χ0v) is 18.1. The summed E-state index contributed by atoms with van der Waals surface area (Å²) < 4.78 is 7.15. The van der Waals surface area contributed by atoms with Crippen LogP contribution in [0.2, 0.25) is 5.15 Å². The van der Waals surface area contributed by atoms with Crippen LogP contribution >= 0.6 is 11.6 Å². The van der Waals surface area contributed by atoms with Gasteiger partial charge in [0.15, 0.2) is 17.2 Å². The van der Waals surface area contributed by atoms with Gasteiger partial charge in [-0.1, -0.05) is 11.6 Å². The molecule has 4 aromatic rings. The number of rotatable bonds is 5. The summed E-state index contributed by atoms with van der Waals surface area (Å²) in [6.45, 7) is 1.54. The van der Waals surface area contributed by atoms with Crippen molar-refractivity contribution in [1.29, 1.82) is 0 Å². The number of hydrogen-bond acceptors (Lipinski definition) is 8. The van der Waals surface area contributed by atoms with Gasteiger partial charge in [-0.05, 0) is 38.6 Å². The first-order chi connectivity index (χ1) is 15.5. The molecule has 4 aromatic heterocycles. The molecule has 0 unspecified atom stereocenters. The van der Waals surface area contributed by atoms with Gasteiger partial charge in [-0.3, -0.25) is 9.20 Å². The Kier molecular flexibility index (Phi) is 5.24. The highest BCUT2D eigenvalue weighted by Crippen LogP contribution is 2.30. The topological polar surface area (TPSA) is 127 Å². The minimum absolute atomic E-state index is 0.000896. The maximum absolute atomic E-state index is 12.9. The van der Waals surface area contributed by atoms with E-state index in [9.17, 15) is 4.79 Å². The van der Waals surface area contributed by atoms with Crippen LogP contribution < -0.4 is 11.1 Å². The Balaban J connectivity index is 1.55. The lowest BCUT2D eigenvalue weighted by Gasteiger charge is -2.19. The van der Waals surface area contributed by atoms with E-state index in [0.29, 0.717) is 40.3 Å². The quantitative estimate of drug-likeness (QED) is 0.472. The lowest BCUT2D eigenvalue weighted by atomic mass is 10.1. The molecular formula is C21H21ClN8O2. The molecule has 1 aliphatic heterocycles. The minimum atomic E-state index is -0.378. The van der Waals surface area contributed by atoms with Crippen LogP contribution in [-0.4, -0.2) is 61.3 Å². The number of aromatic nitrogens is 5. The van der Waals surface area contributed by atoms with Crippen LogP contribution in [0.3, 0.4) is 0 Å². The van der Waals surface area contributed by atoms with Crippen molar-refractivity contribution in [2.24, 2.45) is 0 Å². The Bertz CT molecular complexity index is 1290. The molecule has 1 fully saturated rings. The molecule has 0 saturated carbocycles. The number of carbonyl (C=O) groups is 1. The summed E-state index contributed by atoms with van der Waals surface area (Å²) in [7, 11) is 2.05. The Labute approximate surface area is 188 Å². The van der Waals surface area contributed by atoms with Gasteiger partial charge in [-0.2, -0.15) is 0 Å². The summed E-state index contributed by atoms with van der Waals surface area (Å²) in [4.78, 5) is 32.6. The van der Waals surface area contributed by atoms with Crippen LogP contribution in [0.25, 0.3) is 28.5 Å². The zero-order valence-electron chi connectivity index (χ0n) is 17.3. The number of amides is 1. The van der Waals surface area contributed by atoms with Crippen molar-refractivity contribution in [3.63, 3.8) is 0 Å². The average molecular weight is 453 g/mol. The number of carbonyl (C=O) groups excluding carboxylic acids is 1. The summed E-state index contributed by atoms with van der Waals surface area (Å²) in [5, 5.41) is 3.39. The molecule has 1 amide bonds. The monoisotopic (exact) mass is 452 g/mol. The van der Waals surface area contributed by atoms with Gasteiger partial charge in [0.2, 0.25) is 5.89 Å². The fourth-order valence-electron chi connectivity index (χ4n) is 3.93. The van der Waals surface area contributed by atoms with E-state index in [4.69, 9.17) is 21.8 Å². The van der Waals surface area contributed by atoms with Crippen LogP contribution in [0.15, 0.2) is 41.4 Å². The van der Waals surface area contributed by atoms with Crippen molar-refractivity contribution < 1.29 is 9.21 Å². The highest BCUT2D eigenvalue weighted by Gasteiger charge is 2.25. The van der Waals surface area contributed by atoms with Gasteiger partial charge in [0, 0.05) is 24.3 Å². The second kappa shape index (κ2) is 8.21. The molecular weight excluding hydrogens is 432 g/mol. The summed E-state index contributed by atoms with van der Waals surface area (Å²) in [5.74, 6) is -0.131. The first kappa shape index (κ1) is 20.4. The van der Waals surface area contributed by atoms with Crippen molar-refractivity contribution in [1.82, 2.24) is 34.6 Å². The third-order valence-corrected chi connectivity index (χ3v) is 5.96. The van der Waals surface area contributed by atoms with E-state index in [2.05, 4.69) is 37.2 Å². The predicted molar refractivity (Wildman–Crippen MR) is 119 cm³/mol. The van der Waals surface area contributed by atoms with Crippen molar-refractivity contribution in [2.45, 2.75) is 18.9 Å². The first-order valence-corrected chi connectivity index (χ1v) is 10.6. The molecule has 3 N–H and O–H groups in total. The number of nitrogens with two attached hydrogens (primary N) is 1. The SMILES string of the molecule is CN1CCC[C@@H]1CNC(=O)c1nc(-c2ccc3ncc(Cl)n3c2)c(-c2ncco2)nc1N. The number of fused-ring (bicyclic) bond motifs is 1. The minimum Gasteiger partial charge on any atom is -0.443 e. The largest absolute Gasteiger partial charge is 0.443 e. The Morgan fingerprint density at radius 1 is 1.31 bits per heavy atom. The second-order valence-corrected chi connectivity index (χ2v) is 8.09. The highest BCUT2D eigenvalue weighted by atomic mass is 35.5. The van der Waals surface area contributed by atoms with E-state index in [-0.39, 0.29) is 23.3 Å². The van der Waals surface area contributed by atoms with Crippen molar-refractivity contribution in [2.75, 3.05) is 25.9 Å². The predicted octanol–water partition coefficient (Wildman–Crippen LogP) is 2.51. The molecule has 0 radical (unpaired) electrons. The first-order valence-electron chi connectivity index (χ1n) is 10.2. The maximum atomic E-state index is 12.9. The van der Waals surface area contributed by atoms with E-state index in [1.165, 1.54) is 12.5 Å². The fourth-order valence-corrected chi connectivity index (χ4v) is 4.11. The third-order valence-electron chi connectivity index (χ3n) is 5.68. The number of anilines is 1. The van der Waals surface area contributed by atoms with Crippen molar-refractivity contribution >= 4 is 29.0 Å². The molecule has 0 aromatic carbocycles. The zero-order chi connectivity index (χ0) is 22.2. The number of nitrogens with zero attached hydrogens (tertiary/aromatic N) is 6. The average Bonchev–Trinajstić information content (AvgIpc) is 3.54. The summed E-state index contributed by atoms with van der Waals surface area (Å²) in [5.41, 5.74) is 8.25. The Morgan fingerprint density at radius 2 is 2.19 bits per heavy atom. The van der Waals surface area contributed by atoms with Crippen molar-refractivity contribution in [3.8, 4) is 22.8 Å². The van der Waals surface area contributed by atoms with Crippen LogP contribution in [0.1, 0.15) is 23.3 Å². The van der Waals surface area contributed by atoms with Gasteiger partial charge in [-0.25, -0.2) is 19.9 Å². The number of nitrogens with one attached hydrogen (secondary N) is 1. The number of likely N-dealkylation sites (tertiary alicyclic amines) is 1. The van der Waals surface area contributed by atoms with Crippen LogP contribution in [0.4, 0.5) is 5.82 Å². The summed E-state index contributed by atoms with van der Waals surface area (Å²) in [6.07, 6.45) is 8.43. The molecule has 1 atom stereocenters. The third kappa shape index (κ3) is 3.67. The number of hydrogen-bond donors (Lipinski definition) is 2. The lowest BCUT2D eigenvalue weighted by molar-refractivity contribution is 0.0939. The van der Waals surface area contributed by atoms with E-state index in [1.807, 2.05) is 6.07 Å². The number of imidazole rings is 1. The fraction of sp³-hybridized carbons (Fsp3) is 0.286. The molecule has 11 heteroatoms. The summed E-state index contributed by atoms with van der Waals surface area (Å²) in [6, 6.07) is 3.92. The maximum Gasteiger partial charge on any atom is 0.273 e. The van der Waals surface area contributed by atoms with Gasteiger partial charge < -0.3 is 20.4 Å². The van der Waals surface area contributed by atoms with E-state index < -0.39 is 0 Å². The van der Waals surface area contributed by atoms with E-state index in [1.54, 1.807) is 22.9 Å². The number of halogens is 1. The van der Waals surface area contributed by atoms with Gasteiger partial charge in [0.05, 0.1) is 12.4 Å². The number of pyridine rings is 1. The number of oxazole rings is 1. The van der Waals surface area contributed by atoms with Gasteiger partial charge in [-0.15, -0.1) is 0 Å².